The first kappa shape index (κ1) is 20.3. The number of anilines is 1. The molecule has 3 N–H and O–H groups in total. The van der Waals surface area contributed by atoms with Crippen molar-refractivity contribution in [3.05, 3.63) is 52.3 Å². The molecule has 0 bridgehead atoms. The molecule has 158 valence electrons. The maximum atomic E-state index is 12.7. The normalized spacial score (nSPS) is 14.9. The van der Waals surface area contributed by atoms with Crippen molar-refractivity contribution in [3.8, 4) is 0 Å². The number of nitrogens with two attached hydrogens (primary N) is 1. The lowest BCUT2D eigenvalue weighted by Crippen LogP contribution is -2.30. The Kier molecular flexibility index (Phi) is 5.94. The number of fused-ring (bicyclic) bond motifs is 1. The molecule has 2 aromatic heterocycles. The van der Waals surface area contributed by atoms with Crippen LogP contribution in [-0.4, -0.2) is 43.5 Å². The van der Waals surface area contributed by atoms with E-state index < -0.39 is 0 Å². The van der Waals surface area contributed by atoms with Crippen LogP contribution in [0, 0.1) is 13.8 Å². The second-order valence-corrected chi connectivity index (χ2v) is 8.00. The van der Waals surface area contributed by atoms with Gasteiger partial charge in [0.05, 0.1) is 6.42 Å². The van der Waals surface area contributed by atoms with Gasteiger partial charge >= 0.3 is 0 Å². The largest absolute Gasteiger partial charge is 0.366 e. The summed E-state index contributed by atoms with van der Waals surface area (Å²) in [6.45, 7) is 7.56. The van der Waals surface area contributed by atoms with E-state index in [0.29, 0.717) is 12.3 Å². The molecule has 1 saturated heterocycles. The summed E-state index contributed by atoms with van der Waals surface area (Å²) >= 11 is 0. The lowest BCUT2D eigenvalue weighted by atomic mass is 10.0. The van der Waals surface area contributed by atoms with Crippen molar-refractivity contribution in [1.82, 2.24) is 29.8 Å². The van der Waals surface area contributed by atoms with Gasteiger partial charge in [0, 0.05) is 30.0 Å². The standard InChI is InChI=1S/C22H29N7O/c1-15-19(16(2)29-22(25-15)26-21(23)27-29)12-20(30)24-13-17-8-4-5-9-18(17)14-28-10-6-3-7-11-28/h4-5,8-9H,3,6-7,10-14H2,1-2H3,(H2,23,27)(H,24,30). The van der Waals surface area contributed by atoms with Gasteiger partial charge in [-0.25, -0.2) is 4.98 Å². The summed E-state index contributed by atoms with van der Waals surface area (Å²) in [5.41, 5.74) is 10.6. The van der Waals surface area contributed by atoms with Gasteiger partial charge in [0.1, 0.15) is 0 Å². The van der Waals surface area contributed by atoms with E-state index in [4.69, 9.17) is 5.73 Å². The molecule has 3 aromatic rings. The predicted octanol–water partition coefficient (Wildman–Crippen LogP) is 2.17. The van der Waals surface area contributed by atoms with Crippen LogP contribution in [-0.2, 0) is 24.3 Å². The van der Waals surface area contributed by atoms with Gasteiger partial charge in [-0.15, -0.1) is 5.10 Å². The third-order valence-electron chi connectivity index (χ3n) is 5.84. The zero-order chi connectivity index (χ0) is 21.1. The number of amides is 1. The van der Waals surface area contributed by atoms with Crippen molar-refractivity contribution >= 4 is 17.6 Å². The second kappa shape index (κ2) is 8.79. The van der Waals surface area contributed by atoms with Crippen LogP contribution < -0.4 is 11.1 Å². The number of nitrogen functional groups attached to an aromatic ring is 1. The van der Waals surface area contributed by atoms with Gasteiger partial charge in [0.25, 0.3) is 5.78 Å². The monoisotopic (exact) mass is 407 g/mol. The number of piperidine rings is 1. The smallest absolute Gasteiger partial charge is 0.254 e. The molecular weight excluding hydrogens is 378 g/mol. The third kappa shape index (κ3) is 4.43. The summed E-state index contributed by atoms with van der Waals surface area (Å²) in [4.78, 5) is 23.7. The molecule has 0 radical (unpaired) electrons. The Bertz CT molecular complexity index is 1050. The Morgan fingerprint density at radius 1 is 1.10 bits per heavy atom. The predicted molar refractivity (Wildman–Crippen MR) is 116 cm³/mol. The average molecular weight is 408 g/mol. The van der Waals surface area contributed by atoms with E-state index in [0.717, 1.165) is 36.6 Å². The summed E-state index contributed by atoms with van der Waals surface area (Å²) in [6.07, 6.45) is 4.12. The summed E-state index contributed by atoms with van der Waals surface area (Å²) in [5, 5.41) is 7.24. The summed E-state index contributed by atoms with van der Waals surface area (Å²) in [5.74, 6) is 0.596. The Balaban J connectivity index is 1.43. The molecule has 4 rings (SSSR count). The molecule has 8 heteroatoms. The van der Waals surface area contributed by atoms with Crippen LogP contribution >= 0.6 is 0 Å². The zero-order valence-corrected chi connectivity index (χ0v) is 17.7. The lowest BCUT2D eigenvalue weighted by Gasteiger charge is -2.27. The van der Waals surface area contributed by atoms with E-state index in [-0.39, 0.29) is 18.3 Å². The van der Waals surface area contributed by atoms with Gasteiger partial charge in [0.2, 0.25) is 11.9 Å². The number of carbonyl (C=O) groups is 1. The minimum Gasteiger partial charge on any atom is -0.366 e. The fourth-order valence-electron chi connectivity index (χ4n) is 4.14. The van der Waals surface area contributed by atoms with Crippen molar-refractivity contribution in [2.45, 2.75) is 52.6 Å². The van der Waals surface area contributed by atoms with E-state index in [1.165, 1.54) is 30.4 Å². The highest BCUT2D eigenvalue weighted by atomic mass is 16.1. The summed E-state index contributed by atoms with van der Waals surface area (Å²) < 4.78 is 1.60. The SMILES string of the molecule is Cc1nc2nc(N)nn2c(C)c1CC(=O)NCc1ccccc1CN1CCCCC1. The van der Waals surface area contributed by atoms with Gasteiger partial charge in [-0.1, -0.05) is 30.7 Å². The van der Waals surface area contributed by atoms with E-state index in [1.807, 2.05) is 19.9 Å². The molecule has 3 heterocycles. The van der Waals surface area contributed by atoms with Crippen LogP contribution in [0.25, 0.3) is 5.78 Å². The number of hydrogen-bond donors (Lipinski definition) is 2. The minimum absolute atomic E-state index is 0.0387. The average Bonchev–Trinajstić information content (AvgIpc) is 3.11. The van der Waals surface area contributed by atoms with E-state index in [1.54, 1.807) is 4.52 Å². The molecule has 30 heavy (non-hydrogen) atoms. The quantitative estimate of drug-likeness (QED) is 0.649. The minimum atomic E-state index is -0.0387. The Hall–Kier alpha value is -3.00. The van der Waals surface area contributed by atoms with Crippen molar-refractivity contribution in [2.24, 2.45) is 0 Å². The first-order valence-corrected chi connectivity index (χ1v) is 10.6. The zero-order valence-electron chi connectivity index (χ0n) is 17.7. The lowest BCUT2D eigenvalue weighted by molar-refractivity contribution is -0.120. The van der Waals surface area contributed by atoms with Crippen LogP contribution in [0.15, 0.2) is 24.3 Å². The number of aryl methyl sites for hydroxylation is 2. The molecule has 0 saturated carbocycles. The molecular formula is C22H29N7O. The molecule has 0 unspecified atom stereocenters. The molecule has 1 fully saturated rings. The number of carbonyl (C=O) groups excluding carboxylic acids is 1. The number of likely N-dealkylation sites (tertiary alicyclic amines) is 1. The highest BCUT2D eigenvalue weighted by Gasteiger charge is 2.16. The van der Waals surface area contributed by atoms with Crippen LogP contribution in [0.1, 0.15) is 47.3 Å². The number of aromatic nitrogens is 4. The molecule has 1 amide bonds. The Morgan fingerprint density at radius 2 is 1.83 bits per heavy atom. The van der Waals surface area contributed by atoms with E-state index >= 15 is 0 Å². The maximum Gasteiger partial charge on any atom is 0.254 e. The number of benzene rings is 1. The number of hydrogen-bond acceptors (Lipinski definition) is 6. The second-order valence-electron chi connectivity index (χ2n) is 8.00. The topological polar surface area (TPSA) is 101 Å². The number of rotatable bonds is 6. The molecule has 1 aliphatic heterocycles. The van der Waals surface area contributed by atoms with Crippen molar-refractivity contribution < 1.29 is 4.79 Å². The first-order valence-electron chi connectivity index (χ1n) is 10.6. The van der Waals surface area contributed by atoms with Crippen LogP contribution in [0.4, 0.5) is 5.95 Å². The maximum absolute atomic E-state index is 12.7. The molecule has 0 aliphatic carbocycles. The number of nitrogens with one attached hydrogen (secondary N) is 1. The van der Waals surface area contributed by atoms with E-state index in [9.17, 15) is 4.79 Å². The molecule has 0 atom stereocenters. The third-order valence-corrected chi connectivity index (χ3v) is 5.84. The van der Waals surface area contributed by atoms with Gasteiger partial charge in [-0.05, 0) is 50.9 Å². The highest BCUT2D eigenvalue weighted by molar-refractivity contribution is 5.79. The first-order chi connectivity index (χ1) is 14.5. The fourth-order valence-corrected chi connectivity index (χ4v) is 4.14. The van der Waals surface area contributed by atoms with Crippen LogP contribution in [0.3, 0.4) is 0 Å². The molecule has 8 nitrogen and oxygen atoms in total. The van der Waals surface area contributed by atoms with Crippen LogP contribution in [0.5, 0.6) is 0 Å². The molecule has 1 aromatic carbocycles. The molecule has 1 aliphatic rings. The molecule has 0 spiro atoms. The van der Waals surface area contributed by atoms with Gasteiger partial charge in [0.15, 0.2) is 0 Å². The highest BCUT2D eigenvalue weighted by Crippen LogP contribution is 2.17. The fraction of sp³-hybridized carbons (Fsp3) is 0.455. The number of nitrogens with zero attached hydrogens (tertiary/aromatic N) is 5. The van der Waals surface area contributed by atoms with Crippen molar-refractivity contribution in [3.63, 3.8) is 0 Å². The van der Waals surface area contributed by atoms with Crippen molar-refractivity contribution in [1.29, 1.82) is 0 Å². The Labute approximate surface area is 176 Å². The van der Waals surface area contributed by atoms with Crippen LogP contribution in [0.2, 0.25) is 0 Å². The summed E-state index contributed by atoms with van der Waals surface area (Å²) in [6, 6.07) is 8.36. The van der Waals surface area contributed by atoms with Gasteiger partial charge in [-0.3, -0.25) is 9.69 Å². The van der Waals surface area contributed by atoms with Gasteiger partial charge < -0.3 is 11.1 Å². The summed E-state index contributed by atoms with van der Waals surface area (Å²) in [7, 11) is 0. The van der Waals surface area contributed by atoms with Crippen molar-refractivity contribution in [2.75, 3.05) is 18.8 Å². The van der Waals surface area contributed by atoms with E-state index in [2.05, 4.69) is 43.5 Å². The Morgan fingerprint density at radius 3 is 2.60 bits per heavy atom. The van der Waals surface area contributed by atoms with Gasteiger partial charge in [-0.2, -0.15) is 9.50 Å².